The molecule has 3 N–H and O–H groups in total. The number of aliphatic hydroxyl groups excluding tert-OH is 1. The smallest absolute Gasteiger partial charge is 0.339 e. The van der Waals surface area contributed by atoms with Gasteiger partial charge >= 0.3 is 5.97 Å². The topological polar surface area (TPSA) is 159 Å². The average Bonchev–Trinajstić information content (AvgIpc) is 3.23. The van der Waals surface area contributed by atoms with E-state index < -0.39 is 47.2 Å². The molecule has 214 valence electrons. The predicted octanol–water partition coefficient (Wildman–Crippen LogP) is 3.43. The molecule has 1 fully saturated rings. The van der Waals surface area contributed by atoms with Crippen molar-refractivity contribution >= 4 is 51.0 Å². The Labute approximate surface area is 247 Å². The molecule has 0 bridgehead atoms. The molecule has 0 spiro atoms. The number of carbonyl (C=O) groups is 5. The van der Waals surface area contributed by atoms with Gasteiger partial charge in [-0.15, -0.1) is 0 Å². The molecular weight excluding hydrogens is 610 g/mol. The van der Waals surface area contributed by atoms with Crippen molar-refractivity contribution in [1.82, 2.24) is 0 Å². The Kier molecular flexibility index (Phi) is 6.94. The maximum absolute atomic E-state index is 14.0. The third-order valence-electron chi connectivity index (χ3n) is 8.38. The number of aromatic hydroxyl groups is 1. The maximum atomic E-state index is 14.0. The van der Waals surface area contributed by atoms with Gasteiger partial charge in [0.15, 0.2) is 11.6 Å². The lowest BCUT2D eigenvalue weighted by Crippen LogP contribution is -2.39. The number of hydrogen-bond donors (Lipinski definition) is 3. The monoisotopic (exact) mass is 633 g/mol. The van der Waals surface area contributed by atoms with E-state index in [0.717, 1.165) is 22.6 Å². The van der Waals surface area contributed by atoms with Crippen LogP contribution in [0.4, 0.5) is 5.69 Å². The molecule has 0 radical (unpaired) electrons. The highest BCUT2D eigenvalue weighted by Gasteiger charge is 2.57. The first-order chi connectivity index (χ1) is 20.1. The minimum atomic E-state index is -1.35. The SMILES string of the molecule is O=C1C=C(Br)C(=O)C2=C1C(c1ccccc1OCCO)C1=CCC3C(=O)N(c4ccc(C(=O)O)c(O)c4)C(=O)C3C1C2. The van der Waals surface area contributed by atoms with Crippen LogP contribution in [0.25, 0.3) is 0 Å². The maximum Gasteiger partial charge on any atom is 0.339 e. The number of amides is 2. The molecule has 4 atom stereocenters. The number of aliphatic hydroxyl groups is 1. The fourth-order valence-corrected chi connectivity index (χ4v) is 7.11. The number of allylic oxidation sites excluding steroid dienone is 6. The van der Waals surface area contributed by atoms with Crippen LogP contribution in [-0.4, -0.2) is 57.9 Å². The number of fused-ring (bicyclic) bond motifs is 3. The van der Waals surface area contributed by atoms with Crippen molar-refractivity contribution in [3.8, 4) is 11.5 Å². The van der Waals surface area contributed by atoms with Crippen LogP contribution in [0.1, 0.15) is 34.7 Å². The van der Waals surface area contributed by atoms with Crippen LogP contribution >= 0.6 is 15.9 Å². The van der Waals surface area contributed by atoms with E-state index in [1.807, 2.05) is 6.08 Å². The second kappa shape index (κ2) is 10.5. The van der Waals surface area contributed by atoms with Crippen molar-refractivity contribution in [1.29, 1.82) is 0 Å². The minimum Gasteiger partial charge on any atom is -0.507 e. The zero-order valence-corrected chi connectivity index (χ0v) is 23.5. The highest BCUT2D eigenvalue weighted by Crippen LogP contribution is 2.56. The predicted molar refractivity (Wildman–Crippen MR) is 151 cm³/mol. The summed E-state index contributed by atoms with van der Waals surface area (Å²) < 4.78 is 5.91. The van der Waals surface area contributed by atoms with E-state index in [1.54, 1.807) is 24.3 Å². The number of rotatable bonds is 6. The molecule has 11 heteroatoms. The lowest BCUT2D eigenvalue weighted by molar-refractivity contribution is -0.123. The molecule has 42 heavy (non-hydrogen) atoms. The molecule has 2 amide bonds. The average molecular weight is 634 g/mol. The van der Waals surface area contributed by atoms with Crippen molar-refractivity contribution < 1.29 is 44.0 Å². The van der Waals surface area contributed by atoms with Crippen LogP contribution in [0.5, 0.6) is 11.5 Å². The number of ketones is 2. The standard InChI is InChI=1S/C31H24BrNO9/c32-21-13-23(36)27-20(28(21)37)12-19-15(25(27)17-3-1-2-4-24(17)42-10-9-34)7-8-18-26(19)30(39)33(29(18)38)14-5-6-16(31(40)41)22(35)11-14/h1-7,11,13,18-19,25-26,34-35H,8-10,12H2,(H,40,41). The summed E-state index contributed by atoms with van der Waals surface area (Å²) in [5.41, 5.74) is 1.58. The number of para-hydroxylation sites is 1. The van der Waals surface area contributed by atoms with Gasteiger partial charge in [0.05, 0.1) is 28.6 Å². The molecule has 3 aliphatic carbocycles. The highest BCUT2D eigenvalue weighted by molar-refractivity contribution is 9.12. The number of hydrogen-bond acceptors (Lipinski definition) is 8. The molecule has 4 aliphatic rings. The van der Waals surface area contributed by atoms with E-state index in [-0.39, 0.29) is 58.9 Å². The summed E-state index contributed by atoms with van der Waals surface area (Å²) in [6, 6.07) is 10.5. The van der Waals surface area contributed by atoms with Crippen LogP contribution in [0.3, 0.4) is 0 Å². The van der Waals surface area contributed by atoms with E-state index in [1.165, 1.54) is 12.1 Å². The molecule has 10 nitrogen and oxygen atoms in total. The third-order valence-corrected chi connectivity index (χ3v) is 8.97. The second-order valence-corrected chi connectivity index (χ2v) is 11.4. The molecule has 1 aliphatic heterocycles. The number of carboxylic acids is 1. The number of imide groups is 1. The van der Waals surface area contributed by atoms with Gasteiger partial charge in [-0.1, -0.05) is 29.8 Å². The first kappa shape index (κ1) is 27.8. The molecule has 4 unspecified atom stereocenters. The zero-order valence-electron chi connectivity index (χ0n) is 22.0. The largest absolute Gasteiger partial charge is 0.507 e. The number of phenols is 1. The Balaban J connectivity index is 1.46. The fraction of sp³-hybridized carbons (Fsp3) is 0.258. The van der Waals surface area contributed by atoms with Gasteiger partial charge < -0.3 is 20.1 Å². The Morgan fingerprint density at radius 3 is 2.52 bits per heavy atom. The van der Waals surface area contributed by atoms with E-state index in [9.17, 15) is 39.3 Å². The van der Waals surface area contributed by atoms with E-state index in [2.05, 4.69) is 15.9 Å². The van der Waals surface area contributed by atoms with Gasteiger partial charge in [0.25, 0.3) is 0 Å². The lowest BCUT2D eigenvalue weighted by Gasteiger charge is -2.42. The summed E-state index contributed by atoms with van der Waals surface area (Å²) >= 11 is 3.20. The fourth-order valence-electron chi connectivity index (χ4n) is 6.66. The minimum absolute atomic E-state index is 0.0105. The Bertz CT molecular complexity index is 1690. The van der Waals surface area contributed by atoms with Gasteiger partial charge in [0.1, 0.15) is 23.7 Å². The summed E-state index contributed by atoms with van der Waals surface area (Å²) in [6.07, 6.45) is 3.39. The zero-order chi connectivity index (χ0) is 29.9. The van der Waals surface area contributed by atoms with E-state index in [4.69, 9.17) is 4.74 Å². The first-order valence-corrected chi connectivity index (χ1v) is 14.1. The molecule has 2 aromatic carbocycles. The van der Waals surface area contributed by atoms with E-state index in [0.29, 0.717) is 16.9 Å². The quantitative estimate of drug-likeness (QED) is 0.246. The molecule has 0 saturated carbocycles. The molecule has 1 saturated heterocycles. The third kappa shape index (κ3) is 4.23. The number of carboxylic acid groups (broad SMARTS) is 1. The number of nitrogens with zero attached hydrogens (tertiary/aromatic N) is 1. The number of aromatic carboxylic acids is 1. The Morgan fingerprint density at radius 2 is 1.81 bits per heavy atom. The molecular formula is C31H24BrNO9. The summed E-state index contributed by atoms with van der Waals surface area (Å²) in [7, 11) is 0. The molecule has 2 aromatic rings. The molecule has 1 heterocycles. The highest BCUT2D eigenvalue weighted by atomic mass is 79.9. The van der Waals surface area contributed by atoms with Crippen LogP contribution in [0, 0.1) is 17.8 Å². The molecule has 6 rings (SSSR count). The summed E-state index contributed by atoms with van der Waals surface area (Å²) in [5.74, 6) is -6.16. The summed E-state index contributed by atoms with van der Waals surface area (Å²) in [4.78, 5) is 66.8. The van der Waals surface area contributed by atoms with Crippen molar-refractivity contribution in [2.24, 2.45) is 17.8 Å². The Hall–Kier alpha value is -4.35. The number of halogens is 1. The summed E-state index contributed by atoms with van der Waals surface area (Å²) in [6.45, 7) is -0.221. The first-order valence-electron chi connectivity index (χ1n) is 13.3. The van der Waals surface area contributed by atoms with E-state index >= 15 is 0 Å². The van der Waals surface area contributed by atoms with Gasteiger partial charge in [-0.05, 0) is 52.9 Å². The van der Waals surface area contributed by atoms with Gasteiger partial charge in [-0.3, -0.25) is 19.2 Å². The Morgan fingerprint density at radius 1 is 1.05 bits per heavy atom. The van der Waals surface area contributed by atoms with Gasteiger partial charge in [-0.2, -0.15) is 0 Å². The normalized spacial score (nSPS) is 25.0. The lowest BCUT2D eigenvalue weighted by atomic mass is 9.59. The van der Waals surface area contributed by atoms with Crippen LogP contribution in [-0.2, 0) is 19.2 Å². The van der Waals surface area contributed by atoms with Crippen molar-refractivity contribution in [2.75, 3.05) is 18.1 Å². The van der Waals surface area contributed by atoms with Crippen molar-refractivity contribution in [2.45, 2.75) is 18.8 Å². The van der Waals surface area contributed by atoms with Crippen molar-refractivity contribution in [3.05, 3.63) is 86.9 Å². The number of Topliss-reactive ketones (excluding diaryl/α,β-unsaturated/α-hetero) is 1. The summed E-state index contributed by atoms with van der Waals surface area (Å²) in [5, 5.41) is 28.9. The number of ether oxygens (including phenoxy) is 1. The van der Waals surface area contributed by atoms with Gasteiger partial charge in [0.2, 0.25) is 11.8 Å². The van der Waals surface area contributed by atoms with Crippen LogP contribution < -0.4 is 9.64 Å². The molecule has 0 aromatic heterocycles. The van der Waals surface area contributed by atoms with Crippen LogP contribution in [0.2, 0.25) is 0 Å². The number of carbonyl (C=O) groups excluding carboxylic acids is 4. The van der Waals surface area contributed by atoms with Gasteiger partial charge in [-0.25, -0.2) is 9.69 Å². The number of anilines is 1. The van der Waals surface area contributed by atoms with Crippen molar-refractivity contribution in [3.63, 3.8) is 0 Å². The van der Waals surface area contributed by atoms with Crippen LogP contribution in [0.15, 0.2) is 75.8 Å². The van der Waals surface area contributed by atoms with Gasteiger partial charge in [0, 0.05) is 34.8 Å². The number of benzene rings is 2. The second-order valence-electron chi connectivity index (χ2n) is 10.5.